The van der Waals surface area contributed by atoms with Gasteiger partial charge in [-0.3, -0.25) is 24.6 Å². The molecule has 33 heavy (non-hydrogen) atoms. The van der Waals surface area contributed by atoms with Crippen molar-refractivity contribution >= 4 is 81.5 Å². The van der Waals surface area contributed by atoms with Crippen LogP contribution < -0.4 is 10.2 Å². The molecule has 1 aliphatic rings. The van der Waals surface area contributed by atoms with Crippen molar-refractivity contribution in [2.45, 2.75) is 0 Å². The van der Waals surface area contributed by atoms with Crippen molar-refractivity contribution in [2.24, 2.45) is 7.05 Å². The third-order valence-corrected chi connectivity index (χ3v) is 5.98. The summed E-state index contributed by atoms with van der Waals surface area (Å²) < 4.78 is 1.65. The van der Waals surface area contributed by atoms with Gasteiger partial charge in [-0.25, -0.2) is 0 Å². The Bertz CT molecular complexity index is 1360. The van der Waals surface area contributed by atoms with Gasteiger partial charge in [0.05, 0.1) is 10.7 Å². The van der Waals surface area contributed by atoms with Crippen LogP contribution in [0.2, 0.25) is 15.1 Å². The molecule has 0 unspecified atom stereocenters. The molecule has 1 aliphatic heterocycles. The number of aryl methyl sites for hydroxylation is 1. The van der Waals surface area contributed by atoms with Gasteiger partial charge in [0.15, 0.2) is 10.9 Å². The van der Waals surface area contributed by atoms with E-state index in [0.29, 0.717) is 21.3 Å². The zero-order valence-electron chi connectivity index (χ0n) is 16.9. The fourth-order valence-corrected chi connectivity index (χ4v) is 4.27. The number of nitrogens with zero attached hydrogens (tertiary/aromatic N) is 2. The third-order valence-electron chi connectivity index (χ3n) is 4.89. The Morgan fingerprint density at radius 2 is 1.64 bits per heavy atom. The molecule has 2 heterocycles. The van der Waals surface area contributed by atoms with Crippen LogP contribution in [0.1, 0.15) is 21.5 Å². The van der Waals surface area contributed by atoms with E-state index in [-0.39, 0.29) is 32.6 Å². The van der Waals surface area contributed by atoms with Crippen molar-refractivity contribution in [2.75, 3.05) is 4.90 Å². The van der Waals surface area contributed by atoms with Crippen LogP contribution in [0.3, 0.4) is 0 Å². The number of halogens is 3. The maximum Gasteiger partial charge on any atom is 0.270 e. The summed E-state index contributed by atoms with van der Waals surface area (Å²) in [6, 6.07) is 11.0. The summed E-state index contributed by atoms with van der Waals surface area (Å²) in [4.78, 5) is 40.3. The number of carbonyl (C=O) groups excluding carboxylic acids is 3. The number of benzene rings is 2. The predicted molar refractivity (Wildman–Crippen MR) is 133 cm³/mol. The number of hydrogen-bond acceptors (Lipinski definition) is 4. The minimum absolute atomic E-state index is 0.0539. The first-order chi connectivity index (χ1) is 15.7. The number of nitrogens with one attached hydrogen (secondary N) is 1. The highest BCUT2D eigenvalue weighted by Gasteiger charge is 2.35. The molecule has 0 bridgehead atoms. The van der Waals surface area contributed by atoms with Crippen LogP contribution in [0.5, 0.6) is 0 Å². The third kappa shape index (κ3) is 4.58. The number of hydrogen-bond donors (Lipinski definition) is 1. The van der Waals surface area contributed by atoms with Crippen molar-refractivity contribution in [3.05, 3.63) is 92.2 Å². The first-order valence-corrected chi connectivity index (χ1v) is 11.0. The van der Waals surface area contributed by atoms with Gasteiger partial charge in [-0.05, 0) is 60.8 Å². The topological polar surface area (TPSA) is 71.4 Å². The molecule has 1 aromatic heterocycles. The Kier molecular flexibility index (Phi) is 6.41. The van der Waals surface area contributed by atoms with Crippen LogP contribution in [0.25, 0.3) is 6.08 Å². The molecule has 0 atom stereocenters. The maximum absolute atomic E-state index is 13.2. The quantitative estimate of drug-likeness (QED) is 0.227. The Balaban J connectivity index is 1.76. The normalized spacial score (nSPS) is 15.2. The molecule has 4 rings (SSSR count). The van der Waals surface area contributed by atoms with Gasteiger partial charge < -0.3 is 4.57 Å². The zero-order chi connectivity index (χ0) is 23.9. The van der Waals surface area contributed by atoms with Crippen LogP contribution in [-0.4, -0.2) is 27.3 Å². The molecular weight excluding hydrogens is 505 g/mol. The Morgan fingerprint density at radius 1 is 0.970 bits per heavy atom. The number of carbonyl (C=O) groups is 3. The number of anilines is 1. The summed E-state index contributed by atoms with van der Waals surface area (Å²) >= 11 is 23.3. The molecule has 1 saturated heterocycles. The van der Waals surface area contributed by atoms with E-state index >= 15 is 0 Å². The number of amides is 2. The van der Waals surface area contributed by atoms with E-state index in [0.717, 1.165) is 0 Å². The smallest absolute Gasteiger partial charge is 0.270 e. The lowest BCUT2D eigenvalue weighted by Crippen LogP contribution is -2.54. The van der Waals surface area contributed by atoms with Gasteiger partial charge in [0.2, 0.25) is 0 Å². The molecule has 1 fully saturated rings. The summed E-state index contributed by atoms with van der Waals surface area (Å²) in [5.74, 6) is -1.67. The van der Waals surface area contributed by atoms with E-state index in [4.69, 9.17) is 47.0 Å². The summed E-state index contributed by atoms with van der Waals surface area (Å²) in [7, 11) is 1.72. The maximum atomic E-state index is 13.2. The van der Waals surface area contributed by atoms with Crippen molar-refractivity contribution in [1.29, 1.82) is 0 Å². The van der Waals surface area contributed by atoms with Gasteiger partial charge in [-0.1, -0.05) is 34.8 Å². The minimum Gasteiger partial charge on any atom is -0.356 e. The van der Waals surface area contributed by atoms with Crippen molar-refractivity contribution in [3.63, 3.8) is 0 Å². The van der Waals surface area contributed by atoms with Crippen molar-refractivity contribution in [3.8, 4) is 0 Å². The molecule has 0 aliphatic carbocycles. The molecule has 166 valence electrons. The minimum atomic E-state index is -0.665. The fourth-order valence-electron chi connectivity index (χ4n) is 3.37. The zero-order valence-corrected chi connectivity index (χ0v) is 20.0. The van der Waals surface area contributed by atoms with Crippen molar-refractivity contribution in [1.82, 2.24) is 9.88 Å². The van der Waals surface area contributed by atoms with Gasteiger partial charge in [-0.15, -0.1) is 0 Å². The molecule has 10 heteroatoms. The molecule has 2 aromatic carbocycles. The van der Waals surface area contributed by atoms with Crippen LogP contribution in [0, 0.1) is 0 Å². The number of aromatic nitrogens is 1. The number of rotatable bonds is 4. The van der Waals surface area contributed by atoms with E-state index in [1.807, 2.05) is 0 Å². The average molecular weight is 519 g/mol. The highest BCUT2D eigenvalue weighted by molar-refractivity contribution is 7.80. The number of thiocarbonyl (C=S) groups is 1. The van der Waals surface area contributed by atoms with Gasteiger partial charge >= 0.3 is 0 Å². The van der Waals surface area contributed by atoms with Crippen LogP contribution in [0.4, 0.5) is 5.69 Å². The Morgan fingerprint density at radius 3 is 2.30 bits per heavy atom. The van der Waals surface area contributed by atoms with Gasteiger partial charge in [-0.2, -0.15) is 0 Å². The molecule has 0 spiro atoms. The lowest BCUT2D eigenvalue weighted by Gasteiger charge is -2.28. The summed E-state index contributed by atoms with van der Waals surface area (Å²) in [6.45, 7) is 0. The van der Waals surface area contributed by atoms with Gasteiger partial charge in [0, 0.05) is 46.2 Å². The molecule has 0 radical (unpaired) electrons. The monoisotopic (exact) mass is 517 g/mol. The highest BCUT2D eigenvalue weighted by atomic mass is 35.5. The van der Waals surface area contributed by atoms with E-state index in [9.17, 15) is 14.4 Å². The second kappa shape index (κ2) is 9.11. The standard InChI is InChI=1S/C23H14Cl3N3O3S/c1-28-10-12(18(11-28)20(30)16-7-4-14(25)9-19(16)26)8-17-21(31)27-23(33)29(22(17)32)15-5-2-13(24)3-6-15/h2-11H,1H3,(H,27,31,33)/b17-8+. The lowest BCUT2D eigenvalue weighted by atomic mass is 10.00. The first-order valence-electron chi connectivity index (χ1n) is 9.48. The molecule has 2 amide bonds. The summed E-state index contributed by atoms with van der Waals surface area (Å²) in [5.41, 5.74) is 1.14. The molecule has 0 saturated carbocycles. The second-order valence-electron chi connectivity index (χ2n) is 7.18. The lowest BCUT2D eigenvalue weighted by molar-refractivity contribution is -0.122. The first kappa shape index (κ1) is 23.2. The molecule has 1 N–H and O–H groups in total. The number of ketones is 1. The van der Waals surface area contributed by atoms with Crippen molar-refractivity contribution < 1.29 is 14.4 Å². The SMILES string of the molecule is Cn1cc(/C=C2\C(=O)NC(=S)N(c3ccc(Cl)cc3)C2=O)c(C(=O)c2ccc(Cl)cc2Cl)c1. The van der Waals surface area contributed by atoms with Gasteiger partial charge in [0.25, 0.3) is 11.8 Å². The van der Waals surface area contributed by atoms with E-state index < -0.39 is 11.8 Å². The average Bonchev–Trinajstić information content (AvgIpc) is 3.12. The molecule has 3 aromatic rings. The van der Waals surface area contributed by atoms with E-state index in [1.165, 1.54) is 23.1 Å². The summed E-state index contributed by atoms with van der Waals surface area (Å²) in [6.07, 6.45) is 4.58. The van der Waals surface area contributed by atoms with Gasteiger partial charge in [0.1, 0.15) is 5.57 Å². The van der Waals surface area contributed by atoms with Crippen LogP contribution in [-0.2, 0) is 16.6 Å². The summed E-state index contributed by atoms with van der Waals surface area (Å²) in [5, 5.41) is 3.54. The predicted octanol–water partition coefficient (Wildman–Crippen LogP) is 5.05. The van der Waals surface area contributed by atoms with Crippen LogP contribution >= 0.6 is 47.0 Å². The largest absolute Gasteiger partial charge is 0.356 e. The molecular formula is C23H14Cl3N3O3S. The Hall–Kier alpha value is -2.97. The Labute approximate surface area is 209 Å². The van der Waals surface area contributed by atoms with E-state index in [1.54, 1.807) is 54.3 Å². The second-order valence-corrected chi connectivity index (χ2v) is 8.85. The highest BCUT2D eigenvalue weighted by Crippen LogP contribution is 2.28. The van der Waals surface area contributed by atoms with Crippen LogP contribution in [0.15, 0.2) is 60.4 Å². The fraction of sp³-hybridized carbons (Fsp3) is 0.0435. The molecule has 6 nitrogen and oxygen atoms in total. The van der Waals surface area contributed by atoms with E-state index in [2.05, 4.69) is 5.32 Å².